The number of hydrogen-bond acceptors (Lipinski definition) is 3. The Morgan fingerprint density at radius 2 is 1.88 bits per heavy atom. The Morgan fingerprint density at radius 1 is 1.35 bits per heavy atom. The van der Waals surface area contributed by atoms with E-state index in [4.69, 9.17) is 4.74 Å². The lowest BCUT2D eigenvalue weighted by Crippen LogP contribution is -2.15. The lowest BCUT2D eigenvalue weighted by Gasteiger charge is -2.11. The first kappa shape index (κ1) is 13.5. The summed E-state index contributed by atoms with van der Waals surface area (Å²) in [6.07, 6.45) is 0.239. The van der Waals surface area contributed by atoms with Crippen molar-refractivity contribution in [3.63, 3.8) is 0 Å². The van der Waals surface area contributed by atoms with E-state index < -0.39 is 12.1 Å². The molecule has 1 aromatic rings. The minimum atomic E-state index is -1.23. The molecule has 0 aromatic heterocycles. The van der Waals surface area contributed by atoms with Gasteiger partial charge in [-0.2, -0.15) is 0 Å². The quantitative estimate of drug-likeness (QED) is 0.629. The van der Waals surface area contributed by atoms with Crippen LogP contribution < -0.4 is 0 Å². The predicted molar refractivity (Wildman–Crippen MR) is 66.6 cm³/mol. The summed E-state index contributed by atoms with van der Waals surface area (Å²) < 4.78 is 4.78. The van der Waals surface area contributed by atoms with Crippen molar-refractivity contribution in [2.24, 2.45) is 0 Å². The van der Waals surface area contributed by atoms with Gasteiger partial charge in [0.15, 0.2) is 6.10 Å². The number of carbonyl (C=O) groups is 1. The van der Waals surface area contributed by atoms with Crippen LogP contribution in [0.1, 0.15) is 37.0 Å². The minimum Gasteiger partial charge on any atom is -0.459 e. The van der Waals surface area contributed by atoms with Crippen LogP contribution in [0.25, 0.3) is 0 Å². The third-order valence-electron chi connectivity index (χ3n) is 2.49. The van der Waals surface area contributed by atoms with Gasteiger partial charge in [0.1, 0.15) is 6.61 Å². The van der Waals surface area contributed by atoms with Crippen molar-refractivity contribution in [3.8, 4) is 0 Å². The molecule has 0 saturated carbocycles. The first-order chi connectivity index (χ1) is 8.06. The molecule has 3 nitrogen and oxygen atoms in total. The van der Waals surface area contributed by atoms with Crippen LogP contribution in [0.5, 0.6) is 0 Å². The molecule has 3 heteroatoms. The lowest BCUT2D eigenvalue weighted by molar-refractivity contribution is -0.152. The second-order valence-corrected chi connectivity index (χ2v) is 4.14. The fourth-order valence-corrected chi connectivity index (χ4v) is 1.42. The van der Waals surface area contributed by atoms with Gasteiger partial charge in [-0.3, -0.25) is 0 Å². The largest absolute Gasteiger partial charge is 0.459 e. The van der Waals surface area contributed by atoms with Gasteiger partial charge in [-0.15, -0.1) is 0 Å². The molecular weight excluding hydrogens is 216 g/mol. The van der Waals surface area contributed by atoms with Gasteiger partial charge in [0.2, 0.25) is 0 Å². The number of rotatable bonds is 5. The van der Waals surface area contributed by atoms with Crippen LogP contribution >= 0.6 is 0 Å². The van der Waals surface area contributed by atoms with Crippen molar-refractivity contribution in [2.75, 3.05) is 6.61 Å². The zero-order valence-corrected chi connectivity index (χ0v) is 10.2. The van der Waals surface area contributed by atoms with E-state index in [1.54, 1.807) is 12.1 Å². The van der Waals surface area contributed by atoms with Gasteiger partial charge >= 0.3 is 5.97 Å². The van der Waals surface area contributed by atoms with Gasteiger partial charge in [0.05, 0.1) is 0 Å². The topological polar surface area (TPSA) is 46.5 Å². The summed E-state index contributed by atoms with van der Waals surface area (Å²) >= 11 is 0. The molecule has 0 unspecified atom stereocenters. The highest BCUT2D eigenvalue weighted by atomic mass is 16.5. The SMILES string of the molecule is C=CCOC(=O)[C@H](O)c1ccc(C(C)C)cc1. The molecule has 0 aliphatic carbocycles. The Kier molecular flexibility index (Phi) is 4.91. The average Bonchev–Trinajstić information content (AvgIpc) is 2.35. The summed E-state index contributed by atoms with van der Waals surface area (Å²) in [6.45, 7) is 7.72. The van der Waals surface area contributed by atoms with Crippen LogP contribution in [0, 0.1) is 0 Å². The van der Waals surface area contributed by atoms with Gasteiger partial charge < -0.3 is 9.84 Å². The molecule has 0 fully saturated rings. The van der Waals surface area contributed by atoms with Crippen molar-refractivity contribution in [2.45, 2.75) is 25.9 Å². The molecule has 1 aromatic carbocycles. The Balaban J connectivity index is 2.72. The van der Waals surface area contributed by atoms with Gasteiger partial charge in [-0.05, 0) is 17.0 Å². The molecular formula is C14H18O3. The zero-order valence-electron chi connectivity index (χ0n) is 10.2. The summed E-state index contributed by atoms with van der Waals surface area (Å²) in [4.78, 5) is 11.4. The number of aliphatic hydroxyl groups is 1. The number of hydrogen-bond donors (Lipinski definition) is 1. The van der Waals surface area contributed by atoms with E-state index in [-0.39, 0.29) is 6.61 Å². The number of esters is 1. The summed E-state index contributed by atoms with van der Waals surface area (Å²) in [5, 5.41) is 9.74. The fraction of sp³-hybridized carbons (Fsp3) is 0.357. The molecule has 0 aliphatic heterocycles. The Bertz CT molecular complexity index is 379. The number of benzene rings is 1. The molecule has 1 rings (SSSR count). The normalized spacial score (nSPS) is 12.2. The van der Waals surface area contributed by atoms with Crippen molar-refractivity contribution < 1.29 is 14.6 Å². The summed E-state index contributed by atoms with van der Waals surface area (Å²) in [7, 11) is 0. The molecule has 1 N–H and O–H groups in total. The maximum absolute atomic E-state index is 11.4. The molecule has 92 valence electrons. The predicted octanol–water partition coefficient (Wildman–Crippen LogP) is 2.57. The highest BCUT2D eigenvalue weighted by Crippen LogP contribution is 2.19. The van der Waals surface area contributed by atoms with E-state index in [9.17, 15) is 9.90 Å². The Labute approximate surface area is 102 Å². The molecule has 0 spiro atoms. The molecule has 1 atom stereocenters. The second kappa shape index (κ2) is 6.21. The van der Waals surface area contributed by atoms with Crippen LogP contribution in [0.4, 0.5) is 0 Å². The van der Waals surface area contributed by atoms with E-state index in [0.717, 1.165) is 0 Å². The summed E-state index contributed by atoms with van der Waals surface area (Å²) in [5.41, 5.74) is 1.71. The number of ether oxygens (including phenoxy) is 1. The van der Waals surface area contributed by atoms with E-state index in [1.165, 1.54) is 11.6 Å². The van der Waals surface area contributed by atoms with Crippen molar-refractivity contribution in [1.82, 2.24) is 0 Å². The maximum Gasteiger partial charge on any atom is 0.339 e. The second-order valence-electron chi connectivity index (χ2n) is 4.14. The van der Waals surface area contributed by atoms with E-state index in [0.29, 0.717) is 11.5 Å². The minimum absolute atomic E-state index is 0.111. The van der Waals surface area contributed by atoms with E-state index in [1.807, 2.05) is 12.1 Å². The van der Waals surface area contributed by atoms with Crippen molar-refractivity contribution >= 4 is 5.97 Å². The van der Waals surface area contributed by atoms with Crippen LogP contribution in [-0.2, 0) is 9.53 Å². The van der Waals surface area contributed by atoms with Gasteiger partial charge in [0, 0.05) is 0 Å². The molecule has 0 bridgehead atoms. The molecule has 0 heterocycles. The highest BCUT2D eigenvalue weighted by molar-refractivity contribution is 5.76. The average molecular weight is 234 g/mol. The van der Waals surface area contributed by atoms with Gasteiger partial charge in [-0.1, -0.05) is 50.8 Å². The first-order valence-corrected chi connectivity index (χ1v) is 5.61. The molecule has 17 heavy (non-hydrogen) atoms. The zero-order chi connectivity index (χ0) is 12.8. The Hall–Kier alpha value is -1.61. The van der Waals surface area contributed by atoms with Crippen LogP contribution in [0.3, 0.4) is 0 Å². The summed E-state index contributed by atoms with van der Waals surface area (Å²) in [6, 6.07) is 7.30. The Morgan fingerprint density at radius 3 is 2.35 bits per heavy atom. The molecule has 0 amide bonds. The number of aliphatic hydroxyl groups excluding tert-OH is 1. The number of carbonyl (C=O) groups excluding carboxylic acids is 1. The maximum atomic E-state index is 11.4. The van der Waals surface area contributed by atoms with Gasteiger partial charge in [-0.25, -0.2) is 4.79 Å². The van der Waals surface area contributed by atoms with Crippen LogP contribution in [0.2, 0.25) is 0 Å². The monoisotopic (exact) mass is 234 g/mol. The van der Waals surface area contributed by atoms with Crippen molar-refractivity contribution in [1.29, 1.82) is 0 Å². The molecule has 0 aliphatic rings. The lowest BCUT2D eigenvalue weighted by atomic mass is 10.00. The molecule has 0 radical (unpaired) electrons. The summed E-state index contributed by atoms with van der Waals surface area (Å²) in [5.74, 6) is -0.226. The van der Waals surface area contributed by atoms with Crippen molar-refractivity contribution in [3.05, 3.63) is 48.0 Å². The third-order valence-corrected chi connectivity index (χ3v) is 2.49. The van der Waals surface area contributed by atoms with E-state index in [2.05, 4.69) is 20.4 Å². The van der Waals surface area contributed by atoms with E-state index >= 15 is 0 Å². The smallest absolute Gasteiger partial charge is 0.339 e. The fourth-order valence-electron chi connectivity index (χ4n) is 1.42. The standard InChI is InChI=1S/C14H18O3/c1-4-9-17-14(16)13(15)12-7-5-11(6-8-12)10(2)3/h4-8,10,13,15H,1,9H2,2-3H3/t13-/m1/s1. The highest BCUT2D eigenvalue weighted by Gasteiger charge is 2.18. The third kappa shape index (κ3) is 3.71. The van der Waals surface area contributed by atoms with Crippen LogP contribution in [-0.4, -0.2) is 17.7 Å². The van der Waals surface area contributed by atoms with Gasteiger partial charge in [0.25, 0.3) is 0 Å². The molecule has 0 saturated heterocycles. The first-order valence-electron chi connectivity index (χ1n) is 5.61. The van der Waals surface area contributed by atoms with Crippen LogP contribution in [0.15, 0.2) is 36.9 Å².